The van der Waals surface area contributed by atoms with Crippen LogP contribution < -0.4 is 4.74 Å². The summed E-state index contributed by atoms with van der Waals surface area (Å²) in [5.41, 5.74) is 3.20. The number of nitrogens with zero attached hydrogens (tertiary/aromatic N) is 1. The fraction of sp³-hybridized carbons (Fsp3) is 0.310. The molecule has 0 aliphatic heterocycles. The van der Waals surface area contributed by atoms with Crippen molar-refractivity contribution >= 4 is 11.9 Å². The highest BCUT2D eigenvalue weighted by atomic mass is 19.1. The van der Waals surface area contributed by atoms with Gasteiger partial charge in [-0.2, -0.15) is 0 Å². The molecule has 1 saturated carbocycles. The lowest BCUT2D eigenvalue weighted by molar-refractivity contribution is -0.137. The van der Waals surface area contributed by atoms with Crippen LogP contribution in [0.1, 0.15) is 54.4 Å². The van der Waals surface area contributed by atoms with Crippen molar-refractivity contribution in [1.82, 2.24) is 4.90 Å². The van der Waals surface area contributed by atoms with E-state index in [1.165, 1.54) is 12.1 Å². The number of aliphatic carboxylic acids is 1. The summed E-state index contributed by atoms with van der Waals surface area (Å²) in [6.07, 6.45) is 4.37. The number of hydrogen-bond donors (Lipinski definition) is 1. The molecule has 3 aromatic rings. The first-order chi connectivity index (χ1) is 17.0. The molecule has 0 bridgehead atoms. The lowest BCUT2D eigenvalue weighted by Crippen LogP contribution is -2.32. The van der Waals surface area contributed by atoms with Crippen molar-refractivity contribution in [2.75, 3.05) is 6.61 Å². The second-order valence-electron chi connectivity index (χ2n) is 8.91. The van der Waals surface area contributed by atoms with Gasteiger partial charge in [0, 0.05) is 30.1 Å². The average Bonchev–Trinajstić information content (AvgIpc) is 3.70. The van der Waals surface area contributed by atoms with Crippen LogP contribution in [-0.4, -0.2) is 34.5 Å². The number of para-hydroxylation sites is 1. The zero-order valence-electron chi connectivity index (χ0n) is 19.7. The van der Waals surface area contributed by atoms with Gasteiger partial charge in [-0.15, -0.1) is 0 Å². The third-order valence-corrected chi connectivity index (χ3v) is 6.14. The molecule has 0 atom stereocenters. The van der Waals surface area contributed by atoms with E-state index in [0.717, 1.165) is 48.1 Å². The highest BCUT2D eigenvalue weighted by Crippen LogP contribution is 2.32. The Labute approximate surface area is 205 Å². The minimum Gasteiger partial charge on any atom is -0.493 e. The van der Waals surface area contributed by atoms with Crippen LogP contribution in [0, 0.1) is 5.82 Å². The fourth-order valence-corrected chi connectivity index (χ4v) is 4.09. The van der Waals surface area contributed by atoms with Gasteiger partial charge in [-0.25, -0.2) is 4.39 Å². The predicted octanol–water partition coefficient (Wildman–Crippen LogP) is 6.32. The first kappa shape index (κ1) is 24.5. The second-order valence-corrected chi connectivity index (χ2v) is 8.91. The smallest absolute Gasteiger partial charge is 0.303 e. The number of ether oxygens (including phenoxy) is 1. The molecule has 4 rings (SSSR count). The van der Waals surface area contributed by atoms with Gasteiger partial charge in [0.15, 0.2) is 0 Å². The Morgan fingerprint density at radius 3 is 2.40 bits per heavy atom. The molecule has 1 aliphatic rings. The molecule has 1 aliphatic carbocycles. The number of unbranched alkanes of at least 4 members (excludes halogenated alkanes) is 2. The van der Waals surface area contributed by atoms with Crippen LogP contribution in [0.15, 0.2) is 72.8 Å². The van der Waals surface area contributed by atoms with Crippen LogP contribution >= 0.6 is 0 Å². The second kappa shape index (κ2) is 11.6. The lowest BCUT2D eigenvalue weighted by atomic mass is 10.0. The summed E-state index contributed by atoms with van der Waals surface area (Å²) in [4.78, 5) is 26.0. The van der Waals surface area contributed by atoms with E-state index in [0.29, 0.717) is 25.1 Å². The third-order valence-electron chi connectivity index (χ3n) is 6.14. The SMILES string of the molecule is O=C(O)CCCCCOc1ccccc1CN(C(=O)c1ccc(-c2cccc(F)c2)cc1)C1CC1. The van der Waals surface area contributed by atoms with Crippen LogP contribution in [0.25, 0.3) is 11.1 Å². The fourth-order valence-electron chi connectivity index (χ4n) is 4.09. The molecule has 5 nitrogen and oxygen atoms in total. The number of hydrogen-bond acceptors (Lipinski definition) is 3. The van der Waals surface area contributed by atoms with Crippen LogP contribution in [0.4, 0.5) is 4.39 Å². The number of carboxylic acid groups (broad SMARTS) is 1. The van der Waals surface area contributed by atoms with E-state index in [9.17, 15) is 14.0 Å². The molecule has 1 amide bonds. The zero-order chi connectivity index (χ0) is 24.6. The number of carbonyl (C=O) groups is 2. The summed E-state index contributed by atoms with van der Waals surface area (Å²) in [5.74, 6) is -0.333. The Morgan fingerprint density at radius 1 is 0.914 bits per heavy atom. The third kappa shape index (κ3) is 6.92. The van der Waals surface area contributed by atoms with Gasteiger partial charge in [0.25, 0.3) is 5.91 Å². The summed E-state index contributed by atoms with van der Waals surface area (Å²) in [7, 11) is 0. The van der Waals surface area contributed by atoms with Gasteiger partial charge >= 0.3 is 5.97 Å². The summed E-state index contributed by atoms with van der Waals surface area (Å²) >= 11 is 0. The number of benzene rings is 3. The lowest BCUT2D eigenvalue weighted by Gasteiger charge is -2.24. The Hall–Kier alpha value is -3.67. The Morgan fingerprint density at radius 2 is 1.69 bits per heavy atom. The Bertz CT molecular complexity index is 1160. The maximum absolute atomic E-state index is 13.6. The summed E-state index contributed by atoms with van der Waals surface area (Å²) < 4.78 is 19.6. The molecule has 0 heterocycles. The van der Waals surface area contributed by atoms with E-state index < -0.39 is 5.97 Å². The molecular formula is C29H30FNO4. The van der Waals surface area contributed by atoms with E-state index in [2.05, 4.69) is 0 Å². The van der Waals surface area contributed by atoms with Gasteiger partial charge < -0.3 is 14.7 Å². The first-order valence-electron chi connectivity index (χ1n) is 12.1. The van der Waals surface area contributed by atoms with E-state index >= 15 is 0 Å². The first-order valence-corrected chi connectivity index (χ1v) is 12.1. The number of carbonyl (C=O) groups excluding carboxylic acids is 1. The van der Waals surface area contributed by atoms with Crippen LogP contribution in [0.5, 0.6) is 5.75 Å². The van der Waals surface area contributed by atoms with Gasteiger partial charge in [-0.1, -0.05) is 42.5 Å². The molecule has 0 spiro atoms. The molecule has 3 aromatic carbocycles. The molecule has 182 valence electrons. The standard InChI is InChI=1S/C29H30FNO4/c30-25-9-6-8-23(19-25)21-12-14-22(15-13-21)29(34)31(26-16-17-26)20-24-7-3-4-10-27(24)35-18-5-1-2-11-28(32)33/h3-4,6-10,12-15,19,26H,1-2,5,11,16-18,20H2,(H,32,33). The van der Waals surface area contributed by atoms with Crippen molar-refractivity contribution < 1.29 is 23.8 Å². The van der Waals surface area contributed by atoms with E-state index in [1.807, 2.05) is 47.4 Å². The maximum Gasteiger partial charge on any atom is 0.303 e. The number of carboxylic acids is 1. The summed E-state index contributed by atoms with van der Waals surface area (Å²) in [6.45, 7) is 0.972. The molecule has 35 heavy (non-hydrogen) atoms. The van der Waals surface area contributed by atoms with Gasteiger partial charge in [0.2, 0.25) is 0 Å². The van der Waals surface area contributed by atoms with Crippen molar-refractivity contribution in [3.8, 4) is 16.9 Å². The molecule has 1 fully saturated rings. The topological polar surface area (TPSA) is 66.8 Å². The molecule has 1 N–H and O–H groups in total. The Balaban J connectivity index is 1.41. The maximum atomic E-state index is 13.6. The van der Waals surface area contributed by atoms with Gasteiger partial charge in [-0.05, 0) is 73.6 Å². The molecule has 0 aromatic heterocycles. The normalized spacial score (nSPS) is 12.8. The minimum absolute atomic E-state index is 0.0261. The quantitative estimate of drug-likeness (QED) is 0.311. The van der Waals surface area contributed by atoms with Gasteiger partial charge in [-0.3, -0.25) is 9.59 Å². The monoisotopic (exact) mass is 475 g/mol. The van der Waals surface area contributed by atoms with Crippen LogP contribution in [-0.2, 0) is 11.3 Å². The highest BCUT2D eigenvalue weighted by molar-refractivity contribution is 5.95. The molecule has 0 unspecified atom stereocenters. The van der Waals surface area contributed by atoms with Crippen molar-refractivity contribution in [3.63, 3.8) is 0 Å². The molecule has 0 radical (unpaired) electrons. The van der Waals surface area contributed by atoms with Crippen molar-refractivity contribution in [2.24, 2.45) is 0 Å². The van der Waals surface area contributed by atoms with Gasteiger partial charge in [0.05, 0.1) is 6.61 Å². The summed E-state index contributed by atoms with van der Waals surface area (Å²) in [5, 5.41) is 8.74. The van der Waals surface area contributed by atoms with Crippen molar-refractivity contribution in [2.45, 2.75) is 51.1 Å². The number of halogens is 1. The largest absolute Gasteiger partial charge is 0.493 e. The van der Waals surface area contributed by atoms with Crippen LogP contribution in [0.3, 0.4) is 0 Å². The number of rotatable bonds is 12. The molecule has 0 saturated heterocycles. The van der Waals surface area contributed by atoms with Crippen molar-refractivity contribution in [1.29, 1.82) is 0 Å². The predicted molar refractivity (Wildman–Crippen MR) is 133 cm³/mol. The average molecular weight is 476 g/mol. The van der Waals surface area contributed by atoms with E-state index in [1.54, 1.807) is 18.2 Å². The van der Waals surface area contributed by atoms with E-state index in [4.69, 9.17) is 9.84 Å². The number of amides is 1. The zero-order valence-corrected chi connectivity index (χ0v) is 19.7. The highest BCUT2D eigenvalue weighted by Gasteiger charge is 2.33. The molecule has 6 heteroatoms. The van der Waals surface area contributed by atoms with Gasteiger partial charge in [0.1, 0.15) is 11.6 Å². The van der Waals surface area contributed by atoms with Crippen molar-refractivity contribution in [3.05, 3.63) is 89.7 Å². The summed E-state index contributed by atoms with van der Waals surface area (Å²) in [6, 6.07) is 21.7. The molecular weight excluding hydrogens is 445 g/mol. The minimum atomic E-state index is -0.773. The van der Waals surface area contributed by atoms with Crippen LogP contribution in [0.2, 0.25) is 0 Å². The van der Waals surface area contributed by atoms with E-state index in [-0.39, 0.29) is 24.2 Å². The Kier molecular flexibility index (Phi) is 8.14.